The Kier molecular flexibility index (Phi) is 6.30. The van der Waals surface area contributed by atoms with Crippen LogP contribution in [-0.2, 0) is 4.79 Å². The molecule has 2 aliphatic heterocycles. The molecule has 0 aromatic rings. The van der Waals surface area contributed by atoms with Gasteiger partial charge in [0.1, 0.15) is 0 Å². The Hall–Kier alpha value is -0.610. The van der Waals surface area contributed by atoms with Crippen molar-refractivity contribution in [1.29, 1.82) is 0 Å². The molecule has 0 aliphatic carbocycles. The van der Waals surface area contributed by atoms with Gasteiger partial charge in [-0.05, 0) is 58.5 Å². The predicted molar refractivity (Wildman–Crippen MR) is 82.7 cm³/mol. The fourth-order valence-electron chi connectivity index (χ4n) is 3.49. The van der Waals surface area contributed by atoms with Gasteiger partial charge in [-0.1, -0.05) is 0 Å². The van der Waals surface area contributed by atoms with E-state index in [1.165, 1.54) is 45.2 Å². The van der Waals surface area contributed by atoms with Crippen molar-refractivity contribution in [2.24, 2.45) is 5.92 Å². The number of hydrogen-bond donors (Lipinski definition) is 1. The maximum atomic E-state index is 12.1. The monoisotopic (exact) mass is 281 g/mol. The van der Waals surface area contributed by atoms with Crippen LogP contribution in [0.4, 0.5) is 0 Å². The summed E-state index contributed by atoms with van der Waals surface area (Å²) >= 11 is 0. The zero-order valence-electron chi connectivity index (χ0n) is 13.2. The van der Waals surface area contributed by atoms with Crippen molar-refractivity contribution in [3.8, 4) is 0 Å². The molecule has 0 radical (unpaired) electrons. The molecule has 0 saturated carbocycles. The topological polar surface area (TPSA) is 35.6 Å². The van der Waals surface area contributed by atoms with Gasteiger partial charge in [0, 0.05) is 38.6 Å². The molecule has 2 saturated heterocycles. The first kappa shape index (κ1) is 15.8. The number of piperidine rings is 2. The van der Waals surface area contributed by atoms with Gasteiger partial charge in [0.05, 0.1) is 0 Å². The van der Waals surface area contributed by atoms with Gasteiger partial charge >= 0.3 is 0 Å². The highest BCUT2D eigenvalue weighted by molar-refractivity contribution is 5.76. The van der Waals surface area contributed by atoms with Crippen molar-refractivity contribution >= 4 is 5.91 Å². The lowest BCUT2D eigenvalue weighted by Gasteiger charge is -2.34. The van der Waals surface area contributed by atoms with Crippen LogP contribution >= 0.6 is 0 Å². The molecule has 0 bridgehead atoms. The lowest BCUT2D eigenvalue weighted by Crippen LogP contribution is -2.44. The summed E-state index contributed by atoms with van der Waals surface area (Å²) in [5, 5.41) is 3.57. The van der Waals surface area contributed by atoms with Crippen LogP contribution in [-0.4, -0.2) is 61.5 Å². The maximum Gasteiger partial charge on any atom is 0.223 e. The minimum atomic E-state index is 0.338. The van der Waals surface area contributed by atoms with E-state index in [1.54, 1.807) is 0 Å². The molecule has 2 atom stereocenters. The van der Waals surface area contributed by atoms with Gasteiger partial charge in [0.15, 0.2) is 0 Å². The molecular weight excluding hydrogens is 250 g/mol. The minimum Gasteiger partial charge on any atom is -0.343 e. The third kappa shape index (κ3) is 4.74. The van der Waals surface area contributed by atoms with E-state index < -0.39 is 0 Å². The van der Waals surface area contributed by atoms with Gasteiger partial charge in [-0.3, -0.25) is 4.79 Å². The summed E-state index contributed by atoms with van der Waals surface area (Å²) in [5.74, 6) is 1.07. The maximum absolute atomic E-state index is 12.1. The van der Waals surface area contributed by atoms with Gasteiger partial charge in [0.2, 0.25) is 5.91 Å². The molecule has 2 heterocycles. The number of likely N-dealkylation sites (tertiary alicyclic amines) is 2. The second-order valence-electron chi connectivity index (χ2n) is 6.60. The molecule has 1 N–H and O–H groups in total. The smallest absolute Gasteiger partial charge is 0.223 e. The minimum absolute atomic E-state index is 0.338. The Labute approximate surface area is 123 Å². The van der Waals surface area contributed by atoms with Crippen molar-refractivity contribution < 1.29 is 4.79 Å². The third-order valence-electron chi connectivity index (χ3n) is 4.88. The quantitative estimate of drug-likeness (QED) is 0.833. The van der Waals surface area contributed by atoms with Gasteiger partial charge < -0.3 is 15.1 Å². The van der Waals surface area contributed by atoms with Gasteiger partial charge in [-0.25, -0.2) is 0 Å². The highest BCUT2D eigenvalue weighted by Crippen LogP contribution is 2.18. The fourth-order valence-corrected chi connectivity index (χ4v) is 3.49. The Morgan fingerprint density at radius 3 is 2.65 bits per heavy atom. The average molecular weight is 281 g/mol. The standard InChI is InChI=1S/C16H31N3O/c1-14(15-7-6-10-18(2)13-15)17-9-8-16(20)19-11-4-3-5-12-19/h14-15,17H,3-13H2,1-2H3. The first-order valence-electron chi connectivity index (χ1n) is 8.36. The van der Waals surface area contributed by atoms with Crippen LogP contribution in [0.2, 0.25) is 0 Å². The molecule has 2 rings (SSSR count). The predicted octanol–water partition coefficient (Wildman–Crippen LogP) is 1.71. The van der Waals surface area contributed by atoms with E-state index in [2.05, 4.69) is 24.2 Å². The summed E-state index contributed by atoms with van der Waals surface area (Å²) in [4.78, 5) is 16.6. The van der Waals surface area contributed by atoms with Crippen LogP contribution in [0.25, 0.3) is 0 Å². The Bertz CT molecular complexity index is 302. The molecule has 20 heavy (non-hydrogen) atoms. The normalized spacial score (nSPS) is 26.5. The molecule has 1 amide bonds. The van der Waals surface area contributed by atoms with Crippen LogP contribution in [0, 0.1) is 5.92 Å². The van der Waals surface area contributed by atoms with Crippen LogP contribution in [0.15, 0.2) is 0 Å². The number of carbonyl (C=O) groups is 1. The van der Waals surface area contributed by atoms with E-state index in [-0.39, 0.29) is 0 Å². The largest absolute Gasteiger partial charge is 0.343 e. The molecule has 2 fully saturated rings. The zero-order valence-corrected chi connectivity index (χ0v) is 13.2. The lowest BCUT2D eigenvalue weighted by atomic mass is 9.92. The molecule has 4 heteroatoms. The van der Waals surface area contributed by atoms with E-state index in [0.717, 1.165) is 25.6 Å². The number of carbonyl (C=O) groups excluding carboxylic acids is 1. The van der Waals surface area contributed by atoms with Crippen LogP contribution in [0.5, 0.6) is 0 Å². The molecule has 0 aromatic heterocycles. The first-order valence-corrected chi connectivity index (χ1v) is 8.36. The number of rotatable bonds is 5. The Morgan fingerprint density at radius 1 is 1.20 bits per heavy atom. The first-order chi connectivity index (χ1) is 9.66. The summed E-state index contributed by atoms with van der Waals surface area (Å²) < 4.78 is 0. The molecule has 116 valence electrons. The SMILES string of the molecule is CC(NCCC(=O)N1CCCCC1)C1CCCN(C)C1. The molecule has 2 aliphatic rings. The van der Waals surface area contributed by atoms with Crippen LogP contribution in [0.1, 0.15) is 45.4 Å². The second-order valence-corrected chi connectivity index (χ2v) is 6.60. The number of nitrogens with zero attached hydrogens (tertiary/aromatic N) is 2. The van der Waals surface area contributed by atoms with Crippen molar-refractivity contribution in [3.63, 3.8) is 0 Å². The van der Waals surface area contributed by atoms with Crippen molar-refractivity contribution in [2.45, 2.75) is 51.5 Å². The van der Waals surface area contributed by atoms with E-state index in [0.29, 0.717) is 18.4 Å². The molecule has 2 unspecified atom stereocenters. The van der Waals surface area contributed by atoms with Crippen LogP contribution < -0.4 is 5.32 Å². The van der Waals surface area contributed by atoms with Crippen molar-refractivity contribution in [2.75, 3.05) is 39.8 Å². The fraction of sp³-hybridized carbons (Fsp3) is 0.938. The number of hydrogen-bond acceptors (Lipinski definition) is 3. The summed E-state index contributed by atoms with van der Waals surface area (Å²) in [7, 11) is 2.21. The summed E-state index contributed by atoms with van der Waals surface area (Å²) in [6.45, 7) is 7.47. The third-order valence-corrected chi connectivity index (χ3v) is 4.88. The highest BCUT2D eigenvalue weighted by atomic mass is 16.2. The van der Waals surface area contributed by atoms with Crippen molar-refractivity contribution in [3.05, 3.63) is 0 Å². The summed E-state index contributed by atoms with van der Waals surface area (Å²) in [5.41, 5.74) is 0. The van der Waals surface area contributed by atoms with Gasteiger partial charge in [-0.15, -0.1) is 0 Å². The summed E-state index contributed by atoms with van der Waals surface area (Å²) in [6, 6.07) is 0.520. The van der Waals surface area contributed by atoms with Gasteiger partial charge in [0.25, 0.3) is 0 Å². The average Bonchev–Trinajstić information content (AvgIpc) is 2.48. The molecule has 4 nitrogen and oxygen atoms in total. The molecule has 0 spiro atoms. The van der Waals surface area contributed by atoms with Gasteiger partial charge in [-0.2, -0.15) is 0 Å². The lowest BCUT2D eigenvalue weighted by molar-refractivity contribution is -0.132. The zero-order chi connectivity index (χ0) is 14.4. The number of nitrogens with one attached hydrogen (secondary N) is 1. The van der Waals surface area contributed by atoms with Crippen LogP contribution in [0.3, 0.4) is 0 Å². The van der Waals surface area contributed by atoms with E-state index in [9.17, 15) is 4.79 Å². The van der Waals surface area contributed by atoms with E-state index >= 15 is 0 Å². The van der Waals surface area contributed by atoms with E-state index in [4.69, 9.17) is 0 Å². The Morgan fingerprint density at radius 2 is 1.95 bits per heavy atom. The Balaban J connectivity index is 1.63. The molecule has 0 aromatic carbocycles. The second kappa shape index (κ2) is 7.99. The summed E-state index contributed by atoms with van der Waals surface area (Å²) in [6.07, 6.45) is 6.94. The van der Waals surface area contributed by atoms with E-state index in [1.807, 2.05) is 4.90 Å². The number of amides is 1. The molecular formula is C16H31N3O. The highest BCUT2D eigenvalue weighted by Gasteiger charge is 2.23. The van der Waals surface area contributed by atoms with Crippen molar-refractivity contribution in [1.82, 2.24) is 15.1 Å².